The SMILES string of the molecule is CCNCC(C)(C)Cc1cncs1. The Kier molecular flexibility index (Phi) is 3.88. The smallest absolute Gasteiger partial charge is 0.0794 e. The molecule has 1 aromatic heterocycles. The fourth-order valence-electron chi connectivity index (χ4n) is 1.33. The van der Waals surface area contributed by atoms with Crippen LogP contribution >= 0.6 is 11.3 Å². The first-order valence-electron chi connectivity index (χ1n) is 4.72. The summed E-state index contributed by atoms with van der Waals surface area (Å²) in [6.07, 6.45) is 3.09. The average molecular weight is 198 g/mol. The van der Waals surface area contributed by atoms with Gasteiger partial charge in [-0.2, -0.15) is 0 Å². The standard InChI is InChI=1S/C10H18N2S/c1-4-11-7-10(2,3)5-9-6-12-8-13-9/h6,8,11H,4-5,7H2,1-3H3. The van der Waals surface area contributed by atoms with Gasteiger partial charge in [-0.15, -0.1) is 11.3 Å². The Morgan fingerprint density at radius 1 is 1.54 bits per heavy atom. The van der Waals surface area contributed by atoms with E-state index in [1.807, 2.05) is 11.7 Å². The Hall–Kier alpha value is -0.410. The second kappa shape index (κ2) is 4.72. The molecule has 0 aliphatic heterocycles. The van der Waals surface area contributed by atoms with Crippen LogP contribution in [-0.4, -0.2) is 18.1 Å². The third kappa shape index (κ3) is 3.87. The topological polar surface area (TPSA) is 24.9 Å². The normalized spacial score (nSPS) is 11.9. The number of hydrogen-bond donors (Lipinski definition) is 1. The Morgan fingerprint density at radius 3 is 2.85 bits per heavy atom. The lowest BCUT2D eigenvalue weighted by Crippen LogP contribution is -2.30. The molecule has 0 amide bonds. The first-order valence-corrected chi connectivity index (χ1v) is 5.60. The summed E-state index contributed by atoms with van der Waals surface area (Å²) in [4.78, 5) is 5.46. The van der Waals surface area contributed by atoms with Crippen molar-refractivity contribution in [2.45, 2.75) is 27.2 Å². The van der Waals surface area contributed by atoms with Gasteiger partial charge in [0.15, 0.2) is 0 Å². The van der Waals surface area contributed by atoms with E-state index in [2.05, 4.69) is 31.1 Å². The summed E-state index contributed by atoms with van der Waals surface area (Å²) < 4.78 is 0. The highest BCUT2D eigenvalue weighted by Crippen LogP contribution is 2.22. The zero-order valence-corrected chi connectivity index (χ0v) is 9.45. The van der Waals surface area contributed by atoms with Gasteiger partial charge in [0.25, 0.3) is 0 Å². The Morgan fingerprint density at radius 2 is 2.31 bits per heavy atom. The van der Waals surface area contributed by atoms with Gasteiger partial charge in [-0.3, -0.25) is 4.98 Å². The molecule has 0 saturated carbocycles. The minimum atomic E-state index is 0.336. The second-order valence-electron chi connectivity index (χ2n) is 4.09. The molecule has 0 spiro atoms. The molecular weight excluding hydrogens is 180 g/mol. The molecule has 1 aromatic rings. The molecule has 0 aromatic carbocycles. The van der Waals surface area contributed by atoms with Gasteiger partial charge in [0.1, 0.15) is 0 Å². The highest BCUT2D eigenvalue weighted by atomic mass is 32.1. The predicted molar refractivity (Wildman–Crippen MR) is 58.1 cm³/mol. The molecule has 74 valence electrons. The van der Waals surface area contributed by atoms with E-state index in [1.54, 1.807) is 11.3 Å². The summed E-state index contributed by atoms with van der Waals surface area (Å²) in [5.74, 6) is 0. The van der Waals surface area contributed by atoms with E-state index >= 15 is 0 Å². The number of nitrogens with one attached hydrogen (secondary N) is 1. The minimum Gasteiger partial charge on any atom is -0.316 e. The molecule has 1 N–H and O–H groups in total. The maximum absolute atomic E-state index is 4.08. The van der Waals surface area contributed by atoms with Gasteiger partial charge in [-0.1, -0.05) is 20.8 Å². The fourth-order valence-corrected chi connectivity index (χ4v) is 2.18. The van der Waals surface area contributed by atoms with E-state index in [1.165, 1.54) is 4.88 Å². The van der Waals surface area contributed by atoms with Gasteiger partial charge in [0.05, 0.1) is 5.51 Å². The molecule has 0 atom stereocenters. The van der Waals surface area contributed by atoms with Crippen LogP contribution in [0.15, 0.2) is 11.7 Å². The molecule has 0 fully saturated rings. The van der Waals surface area contributed by atoms with Crippen LogP contribution in [0.1, 0.15) is 25.6 Å². The van der Waals surface area contributed by atoms with Crippen LogP contribution in [-0.2, 0) is 6.42 Å². The second-order valence-corrected chi connectivity index (χ2v) is 5.06. The van der Waals surface area contributed by atoms with Crippen LogP contribution in [0.25, 0.3) is 0 Å². The third-order valence-corrected chi connectivity index (χ3v) is 2.77. The molecule has 0 aliphatic carbocycles. The van der Waals surface area contributed by atoms with E-state index in [-0.39, 0.29) is 0 Å². The van der Waals surface area contributed by atoms with Crippen LogP contribution in [0.2, 0.25) is 0 Å². The number of thiazole rings is 1. The van der Waals surface area contributed by atoms with Crippen molar-refractivity contribution in [1.82, 2.24) is 10.3 Å². The van der Waals surface area contributed by atoms with E-state index in [0.29, 0.717) is 5.41 Å². The summed E-state index contributed by atoms with van der Waals surface area (Å²) >= 11 is 1.74. The molecule has 3 heteroatoms. The van der Waals surface area contributed by atoms with Crippen LogP contribution in [0.5, 0.6) is 0 Å². The van der Waals surface area contributed by atoms with Crippen molar-refractivity contribution in [3.05, 3.63) is 16.6 Å². The van der Waals surface area contributed by atoms with Gasteiger partial charge in [0.2, 0.25) is 0 Å². The summed E-state index contributed by atoms with van der Waals surface area (Å²) in [6, 6.07) is 0. The molecule has 0 aliphatic rings. The minimum absolute atomic E-state index is 0.336. The van der Waals surface area contributed by atoms with E-state index in [9.17, 15) is 0 Å². The van der Waals surface area contributed by atoms with Crippen molar-refractivity contribution in [3.63, 3.8) is 0 Å². The van der Waals surface area contributed by atoms with Gasteiger partial charge in [0, 0.05) is 17.6 Å². The van der Waals surface area contributed by atoms with Gasteiger partial charge < -0.3 is 5.32 Å². The molecule has 13 heavy (non-hydrogen) atoms. The summed E-state index contributed by atoms with van der Waals surface area (Å²) in [5.41, 5.74) is 2.24. The highest BCUT2D eigenvalue weighted by molar-refractivity contribution is 7.09. The Balaban J connectivity index is 2.42. The highest BCUT2D eigenvalue weighted by Gasteiger charge is 2.18. The maximum Gasteiger partial charge on any atom is 0.0794 e. The van der Waals surface area contributed by atoms with Crippen molar-refractivity contribution in [3.8, 4) is 0 Å². The lowest BCUT2D eigenvalue weighted by atomic mass is 9.89. The molecule has 0 radical (unpaired) electrons. The zero-order chi connectivity index (χ0) is 9.73. The molecule has 0 bridgehead atoms. The maximum atomic E-state index is 4.08. The number of rotatable bonds is 5. The summed E-state index contributed by atoms with van der Waals surface area (Å²) in [6.45, 7) is 8.83. The number of hydrogen-bond acceptors (Lipinski definition) is 3. The van der Waals surface area contributed by atoms with Gasteiger partial charge in [-0.25, -0.2) is 0 Å². The zero-order valence-electron chi connectivity index (χ0n) is 8.63. The average Bonchev–Trinajstić information content (AvgIpc) is 2.52. The molecule has 1 heterocycles. The van der Waals surface area contributed by atoms with Crippen molar-refractivity contribution in [2.75, 3.05) is 13.1 Å². The van der Waals surface area contributed by atoms with E-state index in [0.717, 1.165) is 19.5 Å². The van der Waals surface area contributed by atoms with E-state index in [4.69, 9.17) is 0 Å². The van der Waals surface area contributed by atoms with E-state index < -0.39 is 0 Å². The largest absolute Gasteiger partial charge is 0.316 e. The Labute approximate surface area is 84.4 Å². The van der Waals surface area contributed by atoms with Crippen molar-refractivity contribution in [1.29, 1.82) is 0 Å². The fraction of sp³-hybridized carbons (Fsp3) is 0.700. The third-order valence-electron chi connectivity index (χ3n) is 1.99. The van der Waals surface area contributed by atoms with Crippen molar-refractivity contribution < 1.29 is 0 Å². The van der Waals surface area contributed by atoms with Gasteiger partial charge >= 0.3 is 0 Å². The first-order chi connectivity index (χ1) is 6.14. The van der Waals surface area contributed by atoms with Gasteiger partial charge in [-0.05, 0) is 18.4 Å². The van der Waals surface area contributed by atoms with Crippen LogP contribution in [0.4, 0.5) is 0 Å². The first kappa shape index (κ1) is 10.7. The number of nitrogens with zero attached hydrogens (tertiary/aromatic N) is 1. The monoisotopic (exact) mass is 198 g/mol. The molecular formula is C10H18N2S. The number of aromatic nitrogens is 1. The van der Waals surface area contributed by atoms with Crippen molar-refractivity contribution >= 4 is 11.3 Å². The molecule has 1 rings (SSSR count). The molecule has 2 nitrogen and oxygen atoms in total. The van der Waals surface area contributed by atoms with Crippen LogP contribution in [0.3, 0.4) is 0 Å². The molecule has 0 saturated heterocycles. The van der Waals surface area contributed by atoms with Crippen LogP contribution < -0.4 is 5.32 Å². The predicted octanol–water partition coefficient (Wildman–Crippen LogP) is 2.32. The van der Waals surface area contributed by atoms with Crippen LogP contribution in [0, 0.1) is 5.41 Å². The lowest BCUT2D eigenvalue weighted by Gasteiger charge is -2.23. The molecule has 0 unspecified atom stereocenters. The summed E-state index contributed by atoms with van der Waals surface area (Å²) in [7, 11) is 0. The lowest BCUT2D eigenvalue weighted by molar-refractivity contribution is 0.344. The Bertz CT molecular complexity index is 229. The van der Waals surface area contributed by atoms with Crippen molar-refractivity contribution in [2.24, 2.45) is 5.41 Å². The quantitative estimate of drug-likeness (QED) is 0.785. The summed E-state index contributed by atoms with van der Waals surface area (Å²) in [5, 5.41) is 3.39.